The lowest BCUT2D eigenvalue weighted by atomic mass is 10.0. The van der Waals surface area contributed by atoms with Crippen molar-refractivity contribution in [3.63, 3.8) is 0 Å². The van der Waals surface area contributed by atoms with Gasteiger partial charge in [-0.1, -0.05) is 70.5 Å². The van der Waals surface area contributed by atoms with E-state index in [1.165, 1.54) is 40.5 Å². The van der Waals surface area contributed by atoms with Gasteiger partial charge in [-0.3, -0.25) is 0 Å². The molecule has 3 rings (SSSR count). The van der Waals surface area contributed by atoms with Crippen molar-refractivity contribution >= 4 is 35.4 Å². The fourth-order valence-corrected chi connectivity index (χ4v) is 4.21. The minimum atomic E-state index is 0.919. The van der Waals surface area contributed by atoms with Crippen LogP contribution < -0.4 is 5.30 Å². The molecule has 96 valence electrons. The molecule has 3 aromatic rings. The van der Waals surface area contributed by atoms with E-state index in [0.717, 1.165) is 8.58 Å². The molecule has 1 unspecified atom stereocenters. The normalized spacial score (nSPS) is 11.8. The zero-order valence-corrected chi connectivity index (χ0v) is 12.3. The second-order valence-corrected chi connectivity index (χ2v) is 6.33. The fraction of sp³-hybridized carbons (Fsp3) is 0.222. The van der Waals surface area contributed by atoms with E-state index < -0.39 is 0 Å². The van der Waals surface area contributed by atoms with Crippen LogP contribution in [0.1, 0.15) is 19.8 Å². The van der Waals surface area contributed by atoms with Gasteiger partial charge in [-0.25, -0.2) is 0 Å². The van der Waals surface area contributed by atoms with Gasteiger partial charge in [0.05, 0.1) is 0 Å². The highest BCUT2D eigenvalue weighted by atomic mass is 31.1. The molecule has 0 nitrogen and oxygen atoms in total. The van der Waals surface area contributed by atoms with Gasteiger partial charge >= 0.3 is 0 Å². The summed E-state index contributed by atoms with van der Waals surface area (Å²) in [5.74, 6) is 0. The van der Waals surface area contributed by atoms with E-state index in [-0.39, 0.29) is 0 Å². The first-order chi connectivity index (χ1) is 9.40. The lowest BCUT2D eigenvalue weighted by Gasteiger charge is -2.11. The van der Waals surface area contributed by atoms with E-state index in [2.05, 4.69) is 61.5 Å². The predicted octanol–water partition coefficient (Wildman–Crippen LogP) is 5.10. The Balaban J connectivity index is 2.21. The van der Waals surface area contributed by atoms with Crippen LogP contribution >= 0.6 is 8.58 Å². The van der Waals surface area contributed by atoms with Crippen molar-refractivity contribution in [3.05, 3.63) is 54.6 Å². The maximum absolute atomic E-state index is 2.32. The van der Waals surface area contributed by atoms with Crippen molar-refractivity contribution in [1.82, 2.24) is 0 Å². The van der Waals surface area contributed by atoms with Gasteiger partial charge in [0, 0.05) is 0 Å². The number of hydrogen-bond donors (Lipinski definition) is 0. The van der Waals surface area contributed by atoms with Gasteiger partial charge in [-0.05, 0) is 45.5 Å². The summed E-state index contributed by atoms with van der Waals surface area (Å²) in [6, 6.07) is 19.9. The van der Waals surface area contributed by atoms with Crippen LogP contribution in [-0.2, 0) is 0 Å². The third-order valence-corrected chi connectivity index (χ3v) is 5.10. The summed E-state index contributed by atoms with van der Waals surface area (Å²) in [4.78, 5) is 0. The highest BCUT2D eigenvalue weighted by molar-refractivity contribution is 7.48. The zero-order valence-electron chi connectivity index (χ0n) is 11.3. The smallest absolute Gasteiger partial charge is 0.0103 e. The van der Waals surface area contributed by atoms with E-state index in [9.17, 15) is 0 Å². The van der Waals surface area contributed by atoms with Crippen molar-refractivity contribution in [3.8, 4) is 0 Å². The van der Waals surface area contributed by atoms with Gasteiger partial charge < -0.3 is 0 Å². The van der Waals surface area contributed by atoms with E-state index >= 15 is 0 Å². The lowest BCUT2D eigenvalue weighted by molar-refractivity contribution is 0.895. The van der Waals surface area contributed by atoms with Crippen LogP contribution in [0.15, 0.2) is 54.6 Å². The van der Waals surface area contributed by atoms with Crippen LogP contribution in [-0.4, -0.2) is 6.16 Å². The first kappa shape index (κ1) is 12.6. The van der Waals surface area contributed by atoms with Crippen molar-refractivity contribution in [2.75, 3.05) is 6.16 Å². The van der Waals surface area contributed by atoms with Gasteiger partial charge in [-0.15, -0.1) is 0 Å². The second kappa shape index (κ2) is 5.72. The average molecular weight is 266 g/mol. The van der Waals surface area contributed by atoms with E-state index in [1.54, 1.807) is 5.30 Å². The summed E-state index contributed by atoms with van der Waals surface area (Å²) >= 11 is 0. The van der Waals surface area contributed by atoms with Gasteiger partial charge in [-0.2, -0.15) is 0 Å². The largest absolute Gasteiger partial charge is 0.0890 e. The first-order valence-corrected chi connectivity index (χ1v) is 8.25. The number of benzene rings is 3. The number of hydrogen-bond acceptors (Lipinski definition) is 0. The molecule has 0 saturated carbocycles. The molecule has 0 aromatic heterocycles. The third-order valence-electron chi connectivity index (χ3n) is 3.60. The molecule has 0 aliphatic heterocycles. The molecular weight excluding hydrogens is 247 g/mol. The highest BCUT2D eigenvalue weighted by Gasteiger charge is 2.06. The Morgan fingerprint density at radius 2 is 1.42 bits per heavy atom. The van der Waals surface area contributed by atoms with Gasteiger partial charge in [0.25, 0.3) is 0 Å². The topological polar surface area (TPSA) is 0 Å². The standard InChI is InChI=1S/C18H19P/c1-2-3-12-19-18-16-10-6-4-8-14(16)13-15-9-5-7-11-17(15)18/h4-11,13,19H,2-3,12H2,1H3. The molecule has 19 heavy (non-hydrogen) atoms. The van der Waals surface area contributed by atoms with Crippen LogP contribution in [0.5, 0.6) is 0 Å². The summed E-state index contributed by atoms with van der Waals surface area (Å²) in [6.07, 6.45) is 3.93. The van der Waals surface area contributed by atoms with Gasteiger partial charge in [0.2, 0.25) is 0 Å². The molecule has 0 aliphatic rings. The van der Waals surface area contributed by atoms with E-state index in [1.807, 2.05) is 0 Å². The molecule has 0 heterocycles. The number of fused-ring (bicyclic) bond motifs is 2. The molecule has 3 aromatic carbocycles. The molecule has 0 bridgehead atoms. The molecule has 0 N–H and O–H groups in total. The summed E-state index contributed by atoms with van der Waals surface area (Å²) in [6.45, 7) is 2.27. The Bertz CT molecular complexity index is 646. The van der Waals surface area contributed by atoms with Crippen molar-refractivity contribution in [2.24, 2.45) is 0 Å². The molecule has 0 radical (unpaired) electrons. The number of rotatable bonds is 4. The maximum Gasteiger partial charge on any atom is -0.0103 e. The summed E-state index contributed by atoms with van der Waals surface area (Å²) in [5.41, 5.74) is 0. The summed E-state index contributed by atoms with van der Waals surface area (Å²) in [7, 11) is 0.919. The Hall–Kier alpha value is -1.39. The van der Waals surface area contributed by atoms with Crippen LogP contribution in [0.3, 0.4) is 0 Å². The zero-order chi connectivity index (χ0) is 13.1. The SMILES string of the molecule is CCCCPc1c2ccccc2cc2ccccc12. The molecule has 0 spiro atoms. The molecule has 0 amide bonds. The highest BCUT2D eigenvalue weighted by Crippen LogP contribution is 2.27. The minimum Gasteiger partial charge on any atom is -0.0890 e. The third kappa shape index (κ3) is 2.51. The second-order valence-electron chi connectivity index (χ2n) is 4.97. The molecule has 1 heteroatoms. The average Bonchev–Trinajstić information content (AvgIpc) is 2.46. The van der Waals surface area contributed by atoms with Crippen LogP contribution in [0.25, 0.3) is 21.5 Å². The first-order valence-electron chi connectivity index (χ1n) is 7.04. The van der Waals surface area contributed by atoms with Crippen molar-refractivity contribution in [2.45, 2.75) is 19.8 Å². The van der Waals surface area contributed by atoms with Crippen LogP contribution in [0.2, 0.25) is 0 Å². The molecule has 0 fully saturated rings. The van der Waals surface area contributed by atoms with Gasteiger partial charge in [0.15, 0.2) is 0 Å². The monoisotopic (exact) mass is 266 g/mol. The Kier molecular flexibility index (Phi) is 3.80. The lowest BCUT2D eigenvalue weighted by Crippen LogP contribution is -2.00. The summed E-state index contributed by atoms with van der Waals surface area (Å²) in [5, 5.41) is 7.19. The Morgan fingerprint density at radius 3 is 2.00 bits per heavy atom. The summed E-state index contributed by atoms with van der Waals surface area (Å²) < 4.78 is 0. The van der Waals surface area contributed by atoms with Crippen molar-refractivity contribution in [1.29, 1.82) is 0 Å². The Labute approximate surface area is 116 Å². The predicted molar refractivity (Wildman–Crippen MR) is 89.2 cm³/mol. The van der Waals surface area contributed by atoms with Crippen LogP contribution in [0, 0.1) is 0 Å². The maximum atomic E-state index is 2.32. The van der Waals surface area contributed by atoms with E-state index in [0.29, 0.717) is 0 Å². The fourth-order valence-electron chi connectivity index (χ4n) is 2.59. The van der Waals surface area contributed by atoms with Gasteiger partial charge in [0.1, 0.15) is 0 Å². The van der Waals surface area contributed by atoms with E-state index in [4.69, 9.17) is 0 Å². The Morgan fingerprint density at radius 1 is 0.842 bits per heavy atom. The number of unbranched alkanes of at least 4 members (excludes halogenated alkanes) is 1. The molecular formula is C18H19P. The minimum absolute atomic E-state index is 0.919. The molecule has 0 saturated heterocycles. The van der Waals surface area contributed by atoms with Crippen molar-refractivity contribution < 1.29 is 0 Å². The molecule has 0 aliphatic carbocycles. The quantitative estimate of drug-likeness (QED) is 0.350. The van der Waals surface area contributed by atoms with Crippen LogP contribution in [0.4, 0.5) is 0 Å². The molecule has 1 atom stereocenters.